The largest absolute Gasteiger partial charge is 0.481 e. The van der Waals surface area contributed by atoms with Crippen LogP contribution in [0.5, 0.6) is 0 Å². The number of hydrogen-bond donors (Lipinski definition) is 2. The van der Waals surface area contributed by atoms with Gasteiger partial charge in [-0.25, -0.2) is 8.78 Å². The molecule has 0 heterocycles. The molecule has 2 rings (SSSR count). The zero-order valence-corrected chi connectivity index (χ0v) is 13.9. The van der Waals surface area contributed by atoms with Gasteiger partial charge in [-0.2, -0.15) is 0 Å². The van der Waals surface area contributed by atoms with E-state index >= 15 is 0 Å². The maximum absolute atomic E-state index is 13.9. The predicted octanol–water partition coefficient (Wildman–Crippen LogP) is 3.71. The number of benzene rings is 2. The number of aliphatic carboxylic acids is 1. The third-order valence-corrected chi connectivity index (χ3v) is 4.09. The van der Waals surface area contributed by atoms with Crippen LogP contribution in [0.25, 0.3) is 0 Å². The molecular weight excluding hydrogens is 328 g/mol. The lowest BCUT2D eigenvalue weighted by molar-refractivity contribution is -0.137. The molecule has 2 aromatic carbocycles. The number of rotatable bonds is 6. The summed E-state index contributed by atoms with van der Waals surface area (Å²) in [6.45, 7) is 3.18. The summed E-state index contributed by atoms with van der Waals surface area (Å²) in [7, 11) is 0. The van der Waals surface area contributed by atoms with Crippen molar-refractivity contribution in [1.29, 1.82) is 0 Å². The first-order chi connectivity index (χ1) is 11.8. The monoisotopic (exact) mass is 347 g/mol. The van der Waals surface area contributed by atoms with Crippen LogP contribution in [0.15, 0.2) is 42.5 Å². The Morgan fingerprint density at radius 2 is 1.68 bits per heavy atom. The Bertz CT molecular complexity index is 772. The van der Waals surface area contributed by atoms with E-state index in [0.29, 0.717) is 5.56 Å². The third kappa shape index (κ3) is 4.41. The van der Waals surface area contributed by atoms with Crippen LogP contribution in [0.1, 0.15) is 42.0 Å². The molecule has 2 atom stereocenters. The Hall–Kier alpha value is -2.76. The van der Waals surface area contributed by atoms with E-state index in [1.165, 1.54) is 13.0 Å². The van der Waals surface area contributed by atoms with Gasteiger partial charge < -0.3 is 10.4 Å². The molecule has 1 amide bonds. The quantitative estimate of drug-likeness (QED) is 0.837. The minimum Gasteiger partial charge on any atom is -0.481 e. The Labute approximate surface area is 144 Å². The first-order valence-corrected chi connectivity index (χ1v) is 7.83. The summed E-state index contributed by atoms with van der Waals surface area (Å²) in [5, 5.41) is 11.7. The number of carboxylic acids is 1. The molecule has 0 radical (unpaired) electrons. The molecule has 0 spiro atoms. The van der Waals surface area contributed by atoms with Crippen LogP contribution in [-0.4, -0.2) is 17.0 Å². The smallest absolute Gasteiger partial charge is 0.305 e. The molecule has 0 aliphatic heterocycles. The average Bonchev–Trinajstić information content (AvgIpc) is 2.54. The Morgan fingerprint density at radius 3 is 2.24 bits per heavy atom. The van der Waals surface area contributed by atoms with E-state index in [9.17, 15) is 18.4 Å². The van der Waals surface area contributed by atoms with Crippen LogP contribution in [0.4, 0.5) is 8.78 Å². The van der Waals surface area contributed by atoms with Crippen molar-refractivity contribution in [2.45, 2.75) is 32.2 Å². The molecule has 0 saturated heterocycles. The van der Waals surface area contributed by atoms with Crippen molar-refractivity contribution in [1.82, 2.24) is 5.32 Å². The van der Waals surface area contributed by atoms with Gasteiger partial charge in [-0.05, 0) is 37.1 Å². The molecule has 0 bridgehead atoms. The summed E-state index contributed by atoms with van der Waals surface area (Å²) in [4.78, 5) is 23.6. The van der Waals surface area contributed by atoms with Gasteiger partial charge in [-0.1, -0.05) is 30.3 Å². The lowest BCUT2D eigenvalue weighted by atomic mass is 9.95. The van der Waals surface area contributed by atoms with Crippen LogP contribution >= 0.6 is 0 Å². The number of aryl methyl sites for hydroxylation is 1. The molecule has 0 aliphatic carbocycles. The molecule has 4 nitrogen and oxygen atoms in total. The highest BCUT2D eigenvalue weighted by Crippen LogP contribution is 2.25. The Kier molecular flexibility index (Phi) is 5.85. The summed E-state index contributed by atoms with van der Waals surface area (Å²) in [5.41, 5.74) is 1.14. The number of carbonyl (C=O) groups is 2. The predicted molar refractivity (Wildman–Crippen MR) is 89.1 cm³/mol. The van der Waals surface area contributed by atoms with Gasteiger partial charge in [-0.3, -0.25) is 9.59 Å². The van der Waals surface area contributed by atoms with Crippen molar-refractivity contribution in [3.8, 4) is 0 Å². The molecule has 0 fully saturated rings. The number of amides is 1. The molecule has 25 heavy (non-hydrogen) atoms. The molecule has 132 valence electrons. The van der Waals surface area contributed by atoms with Crippen molar-refractivity contribution in [3.05, 3.63) is 70.8 Å². The Balaban J connectivity index is 2.28. The first-order valence-electron chi connectivity index (χ1n) is 7.83. The lowest BCUT2D eigenvalue weighted by Crippen LogP contribution is -2.34. The maximum atomic E-state index is 13.9. The first kappa shape index (κ1) is 18.6. The highest BCUT2D eigenvalue weighted by atomic mass is 19.1. The van der Waals surface area contributed by atoms with Gasteiger partial charge in [0.05, 0.1) is 18.4 Å². The molecule has 0 saturated carbocycles. The maximum Gasteiger partial charge on any atom is 0.305 e. The fourth-order valence-corrected chi connectivity index (χ4v) is 2.74. The van der Waals surface area contributed by atoms with Crippen molar-refractivity contribution < 1.29 is 23.5 Å². The highest BCUT2D eigenvalue weighted by molar-refractivity contribution is 5.84. The summed E-state index contributed by atoms with van der Waals surface area (Å²) in [6, 6.07) is 9.66. The lowest BCUT2D eigenvalue weighted by Gasteiger charge is -2.22. The highest BCUT2D eigenvalue weighted by Gasteiger charge is 2.26. The average molecular weight is 347 g/mol. The second kappa shape index (κ2) is 7.88. The SMILES string of the molecule is Cc1ccccc1C(CC(=O)O)NC(=O)C(C)c1c(F)cccc1F. The summed E-state index contributed by atoms with van der Waals surface area (Å²) < 4.78 is 27.8. The van der Waals surface area contributed by atoms with E-state index in [-0.39, 0.29) is 12.0 Å². The van der Waals surface area contributed by atoms with E-state index in [1.54, 1.807) is 31.2 Å². The summed E-state index contributed by atoms with van der Waals surface area (Å²) in [5.74, 6) is -4.44. The number of hydrogen-bond acceptors (Lipinski definition) is 2. The van der Waals surface area contributed by atoms with Gasteiger partial charge >= 0.3 is 5.97 Å². The van der Waals surface area contributed by atoms with Crippen molar-refractivity contribution in [2.24, 2.45) is 0 Å². The number of carboxylic acid groups (broad SMARTS) is 1. The molecule has 6 heteroatoms. The number of nitrogens with one attached hydrogen (secondary N) is 1. The fraction of sp³-hybridized carbons (Fsp3) is 0.263. The minimum atomic E-state index is -1.10. The van der Waals surface area contributed by atoms with Gasteiger partial charge in [0.15, 0.2) is 0 Å². The van der Waals surface area contributed by atoms with E-state index < -0.39 is 35.5 Å². The van der Waals surface area contributed by atoms with Crippen molar-refractivity contribution in [2.75, 3.05) is 0 Å². The molecule has 0 aliphatic rings. The summed E-state index contributed by atoms with van der Waals surface area (Å²) >= 11 is 0. The second-order valence-corrected chi connectivity index (χ2v) is 5.87. The van der Waals surface area contributed by atoms with Crippen LogP contribution in [-0.2, 0) is 9.59 Å². The normalized spacial score (nSPS) is 13.1. The number of halogens is 2. The molecule has 2 aromatic rings. The van der Waals surface area contributed by atoms with Crippen LogP contribution in [0.2, 0.25) is 0 Å². The van der Waals surface area contributed by atoms with E-state index in [1.807, 2.05) is 0 Å². The van der Waals surface area contributed by atoms with Gasteiger partial charge in [0.25, 0.3) is 0 Å². The molecule has 2 N–H and O–H groups in total. The molecule has 2 unspecified atom stereocenters. The standard InChI is InChI=1S/C19H19F2NO3/c1-11-6-3-4-7-13(11)16(10-17(23)24)22-19(25)12(2)18-14(20)8-5-9-15(18)21/h3-9,12,16H,10H2,1-2H3,(H,22,25)(H,23,24). The minimum absolute atomic E-state index is 0.330. The van der Waals surface area contributed by atoms with Gasteiger partial charge in [0, 0.05) is 5.56 Å². The van der Waals surface area contributed by atoms with Crippen LogP contribution < -0.4 is 5.32 Å². The molecule has 0 aromatic heterocycles. The zero-order chi connectivity index (χ0) is 18.6. The third-order valence-electron chi connectivity index (χ3n) is 4.09. The molecular formula is C19H19F2NO3. The van der Waals surface area contributed by atoms with Gasteiger partial charge in [0.2, 0.25) is 5.91 Å². The fourth-order valence-electron chi connectivity index (χ4n) is 2.74. The van der Waals surface area contributed by atoms with E-state index in [4.69, 9.17) is 5.11 Å². The second-order valence-electron chi connectivity index (χ2n) is 5.87. The zero-order valence-electron chi connectivity index (χ0n) is 13.9. The van der Waals surface area contributed by atoms with E-state index in [2.05, 4.69) is 5.32 Å². The van der Waals surface area contributed by atoms with Gasteiger partial charge in [-0.15, -0.1) is 0 Å². The number of carbonyl (C=O) groups excluding carboxylic acids is 1. The van der Waals surface area contributed by atoms with Crippen LogP contribution in [0, 0.1) is 18.6 Å². The Morgan fingerprint density at radius 1 is 1.08 bits per heavy atom. The van der Waals surface area contributed by atoms with Crippen molar-refractivity contribution >= 4 is 11.9 Å². The van der Waals surface area contributed by atoms with E-state index in [0.717, 1.165) is 17.7 Å². The van der Waals surface area contributed by atoms with Gasteiger partial charge in [0.1, 0.15) is 11.6 Å². The van der Waals surface area contributed by atoms with Crippen molar-refractivity contribution in [3.63, 3.8) is 0 Å². The van der Waals surface area contributed by atoms with Crippen LogP contribution in [0.3, 0.4) is 0 Å². The topological polar surface area (TPSA) is 66.4 Å². The summed E-state index contributed by atoms with van der Waals surface area (Å²) in [6.07, 6.45) is -0.330.